The van der Waals surface area contributed by atoms with E-state index in [1.807, 2.05) is 0 Å². The lowest BCUT2D eigenvalue weighted by atomic mass is 10.1. The zero-order valence-electron chi connectivity index (χ0n) is 16.9. The van der Waals surface area contributed by atoms with Crippen LogP contribution in [0.3, 0.4) is 0 Å². The summed E-state index contributed by atoms with van der Waals surface area (Å²) in [6.07, 6.45) is 0. The highest BCUT2D eigenvalue weighted by Crippen LogP contribution is 2.19. The first-order chi connectivity index (χ1) is 14.7. The summed E-state index contributed by atoms with van der Waals surface area (Å²) in [4.78, 5) is 35.3. The first-order valence-electron chi connectivity index (χ1n) is 9.32. The van der Waals surface area contributed by atoms with E-state index < -0.39 is 15.9 Å². The van der Waals surface area contributed by atoms with Crippen molar-refractivity contribution in [2.75, 3.05) is 10.0 Å². The molecule has 3 aromatic rings. The Bertz CT molecular complexity index is 1250. The minimum atomic E-state index is -3.84. The van der Waals surface area contributed by atoms with Crippen LogP contribution in [0.1, 0.15) is 44.9 Å². The summed E-state index contributed by atoms with van der Waals surface area (Å²) in [7, 11) is -3.84. The van der Waals surface area contributed by atoms with Crippen LogP contribution in [0.5, 0.6) is 0 Å². The largest absolute Gasteiger partial charge is 0.322 e. The number of amides is 1. The number of sulfonamides is 1. The number of rotatable bonds is 7. The van der Waals surface area contributed by atoms with Gasteiger partial charge >= 0.3 is 0 Å². The van der Waals surface area contributed by atoms with Gasteiger partial charge in [0.2, 0.25) is 0 Å². The maximum Gasteiger partial charge on any atom is 0.261 e. The second kappa shape index (κ2) is 8.93. The van der Waals surface area contributed by atoms with E-state index in [-0.39, 0.29) is 22.1 Å². The lowest BCUT2D eigenvalue weighted by Crippen LogP contribution is -2.14. The fourth-order valence-electron chi connectivity index (χ4n) is 2.79. The predicted molar refractivity (Wildman–Crippen MR) is 118 cm³/mol. The molecule has 0 saturated carbocycles. The Morgan fingerprint density at radius 2 is 1.26 bits per heavy atom. The average Bonchev–Trinajstić information content (AvgIpc) is 2.74. The van der Waals surface area contributed by atoms with Crippen LogP contribution in [-0.2, 0) is 10.0 Å². The Morgan fingerprint density at radius 1 is 0.677 bits per heavy atom. The monoisotopic (exact) mass is 436 g/mol. The summed E-state index contributed by atoms with van der Waals surface area (Å²) in [6.45, 7) is 2.85. The first-order valence-corrected chi connectivity index (χ1v) is 10.8. The van der Waals surface area contributed by atoms with Crippen molar-refractivity contribution in [1.29, 1.82) is 0 Å². The fourth-order valence-corrected chi connectivity index (χ4v) is 3.85. The summed E-state index contributed by atoms with van der Waals surface area (Å²) in [5, 5.41) is 2.70. The molecule has 0 aromatic heterocycles. The number of carbonyl (C=O) groups excluding carboxylic acids is 3. The van der Waals surface area contributed by atoms with Crippen LogP contribution >= 0.6 is 0 Å². The van der Waals surface area contributed by atoms with Crippen molar-refractivity contribution in [3.05, 3.63) is 89.5 Å². The number of hydrogen-bond acceptors (Lipinski definition) is 5. The van der Waals surface area contributed by atoms with E-state index in [0.29, 0.717) is 22.4 Å². The van der Waals surface area contributed by atoms with Crippen molar-refractivity contribution in [2.45, 2.75) is 18.7 Å². The van der Waals surface area contributed by atoms with E-state index >= 15 is 0 Å². The highest BCUT2D eigenvalue weighted by molar-refractivity contribution is 7.92. The van der Waals surface area contributed by atoms with Gasteiger partial charge in [-0.05, 0) is 62.4 Å². The Labute approximate surface area is 180 Å². The molecule has 0 aliphatic rings. The normalized spacial score (nSPS) is 10.9. The molecule has 2 N–H and O–H groups in total. The van der Waals surface area contributed by atoms with Crippen molar-refractivity contribution < 1.29 is 22.8 Å². The molecule has 0 aliphatic carbocycles. The van der Waals surface area contributed by atoms with Gasteiger partial charge in [-0.15, -0.1) is 0 Å². The molecule has 0 atom stereocenters. The average molecular weight is 436 g/mol. The van der Waals surface area contributed by atoms with E-state index in [1.165, 1.54) is 62.4 Å². The van der Waals surface area contributed by atoms with Gasteiger partial charge in [0.05, 0.1) is 4.90 Å². The molecule has 0 unspecified atom stereocenters. The molecule has 158 valence electrons. The van der Waals surface area contributed by atoms with Crippen molar-refractivity contribution >= 4 is 38.9 Å². The highest BCUT2D eigenvalue weighted by Gasteiger charge is 2.15. The molecule has 0 bridgehead atoms. The van der Waals surface area contributed by atoms with Gasteiger partial charge in [-0.1, -0.05) is 24.3 Å². The fraction of sp³-hybridized carbons (Fsp3) is 0.0870. The number of nitrogens with one attached hydrogen (secondary N) is 2. The van der Waals surface area contributed by atoms with Gasteiger partial charge in [-0.25, -0.2) is 8.42 Å². The predicted octanol–water partition coefficient (Wildman–Crippen LogP) is 4.14. The quantitative estimate of drug-likeness (QED) is 0.541. The maximum atomic E-state index is 12.5. The van der Waals surface area contributed by atoms with Gasteiger partial charge in [-0.3, -0.25) is 19.1 Å². The second-order valence-electron chi connectivity index (χ2n) is 6.85. The van der Waals surface area contributed by atoms with E-state index in [2.05, 4.69) is 10.0 Å². The smallest absolute Gasteiger partial charge is 0.261 e. The molecule has 0 heterocycles. The van der Waals surface area contributed by atoms with Crippen LogP contribution in [0.25, 0.3) is 0 Å². The number of ketones is 2. The van der Waals surface area contributed by atoms with Gasteiger partial charge in [-0.2, -0.15) is 0 Å². The van der Waals surface area contributed by atoms with E-state index in [4.69, 9.17) is 0 Å². The minimum Gasteiger partial charge on any atom is -0.322 e. The molecule has 0 aliphatic heterocycles. The third-order valence-corrected chi connectivity index (χ3v) is 5.89. The second-order valence-corrected chi connectivity index (χ2v) is 8.54. The molecule has 0 radical (unpaired) electrons. The molecular formula is C23H20N2O5S. The first kappa shape index (κ1) is 21.9. The summed E-state index contributed by atoms with van der Waals surface area (Å²) >= 11 is 0. The Hall–Kier alpha value is -3.78. The zero-order valence-corrected chi connectivity index (χ0v) is 17.7. The Balaban J connectivity index is 1.70. The standard InChI is InChI=1S/C23H20N2O5S/c1-15(26)17-8-12-22(13-9-17)31(29,30)25-20-10-6-18(7-11-20)23(28)24-21-5-3-4-19(14-21)16(2)27/h3-14,25H,1-2H3,(H,24,28). The van der Waals surface area contributed by atoms with Crippen LogP contribution in [0.4, 0.5) is 11.4 Å². The molecule has 0 spiro atoms. The number of Topliss-reactive ketones (excluding diaryl/α,β-unsaturated/α-hetero) is 2. The van der Waals surface area contributed by atoms with Crippen LogP contribution < -0.4 is 10.0 Å². The van der Waals surface area contributed by atoms with Gasteiger partial charge < -0.3 is 5.32 Å². The van der Waals surface area contributed by atoms with E-state index in [0.717, 1.165) is 0 Å². The summed E-state index contributed by atoms with van der Waals surface area (Å²) in [5.41, 5.74) is 1.99. The van der Waals surface area contributed by atoms with Gasteiger partial charge in [0, 0.05) is 28.1 Å². The highest BCUT2D eigenvalue weighted by atomic mass is 32.2. The van der Waals surface area contributed by atoms with Crippen LogP contribution in [0.15, 0.2) is 77.7 Å². The van der Waals surface area contributed by atoms with E-state index in [1.54, 1.807) is 24.3 Å². The molecule has 0 fully saturated rings. The lowest BCUT2D eigenvalue weighted by Gasteiger charge is -2.10. The maximum absolute atomic E-state index is 12.5. The molecule has 31 heavy (non-hydrogen) atoms. The van der Waals surface area contributed by atoms with Crippen molar-refractivity contribution in [1.82, 2.24) is 0 Å². The van der Waals surface area contributed by atoms with E-state index in [9.17, 15) is 22.8 Å². The van der Waals surface area contributed by atoms with Crippen molar-refractivity contribution in [2.24, 2.45) is 0 Å². The Kier molecular flexibility index (Phi) is 6.31. The van der Waals surface area contributed by atoms with Gasteiger partial charge in [0.25, 0.3) is 15.9 Å². The lowest BCUT2D eigenvalue weighted by molar-refractivity contribution is 0.100. The van der Waals surface area contributed by atoms with Crippen LogP contribution in [-0.4, -0.2) is 25.9 Å². The molecule has 0 saturated heterocycles. The third-order valence-electron chi connectivity index (χ3n) is 4.50. The van der Waals surface area contributed by atoms with Gasteiger partial charge in [0.15, 0.2) is 11.6 Å². The topological polar surface area (TPSA) is 109 Å². The molecular weight excluding hydrogens is 416 g/mol. The zero-order chi connectivity index (χ0) is 22.6. The van der Waals surface area contributed by atoms with Crippen molar-refractivity contribution in [3.63, 3.8) is 0 Å². The molecule has 8 heteroatoms. The third kappa shape index (κ3) is 5.43. The SMILES string of the molecule is CC(=O)c1ccc(S(=O)(=O)Nc2ccc(C(=O)Nc3cccc(C(C)=O)c3)cc2)cc1. The number of anilines is 2. The molecule has 3 aromatic carbocycles. The molecule has 7 nitrogen and oxygen atoms in total. The molecule has 3 rings (SSSR count). The molecule has 1 amide bonds. The van der Waals surface area contributed by atoms with Crippen molar-refractivity contribution in [3.8, 4) is 0 Å². The van der Waals surface area contributed by atoms with Crippen LogP contribution in [0, 0.1) is 0 Å². The number of hydrogen-bond donors (Lipinski definition) is 2. The summed E-state index contributed by atoms with van der Waals surface area (Å²) < 4.78 is 27.5. The van der Waals surface area contributed by atoms with Crippen LogP contribution in [0.2, 0.25) is 0 Å². The summed E-state index contributed by atoms with van der Waals surface area (Å²) in [6, 6.07) is 18.1. The van der Waals surface area contributed by atoms with Gasteiger partial charge in [0.1, 0.15) is 0 Å². The summed E-state index contributed by atoms with van der Waals surface area (Å²) in [5.74, 6) is -0.655. The minimum absolute atomic E-state index is 0.0182. The Morgan fingerprint density at radius 3 is 1.84 bits per heavy atom. The number of carbonyl (C=O) groups is 3. The number of benzene rings is 3.